The molecule has 0 aliphatic rings. The van der Waals surface area contributed by atoms with Gasteiger partial charge in [-0.25, -0.2) is 0 Å². The van der Waals surface area contributed by atoms with Crippen LogP contribution in [0, 0.1) is 6.92 Å². The molecule has 1 heterocycles. The number of likely N-dealkylation sites (N-methyl/N-ethyl adjacent to an activating group) is 1. The third-order valence-electron chi connectivity index (χ3n) is 3.48. The molecule has 0 aliphatic heterocycles. The van der Waals surface area contributed by atoms with E-state index in [9.17, 15) is 5.11 Å². The van der Waals surface area contributed by atoms with Gasteiger partial charge in [-0.3, -0.25) is 4.90 Å². The molecule has 1 aromatic heterocycles. The zero-order valence-corrected chi connectivity index (χ0v) is 13.3. The summed E-state index contributed by atoms with van der Waals surface area (Å²) < 4.78 is 10.7. The van der Waals surface area contributed by atoms with E-state index in [1.54, 1.807) is 6.92 Å². The van der Waals surface area contributed by atoms with Crippen LogP contribution in [0.5, 0.6) is 0 Å². The zero-order chi connectivity index (χ0) is 15.9. The Labute approximate surface area is 130 Å². The Hall–Kier alpha value is -1.76. The lowest BCUT2D eigenvalue weighted by atomic mass is 10.2. The average Bonchev–Trinajstić information content (AvgIpc) is 2.94. The molecule has 6 heteroatoms. The summed E-state index contributed by atoms with van der Waals surface area (Å²) in [5.41, 5.74) is 1.10. The molecule has 0 spiro atoms. The summed E-state index contributed by atoms with van der Waals surface area (Å²) in [6, 6.07) is 9.85. The van der Waals surface area contributed by atoms with E-state index in [4.69, 9.17) is 9.26 Å². The predicted octanol–water partition coefficient (Wildman–Crippen LogP) is 1.95. The molecule has 0 radical (unpaired) electrons. The van der Waals surface area contributed by atoms with Gasteiger partial charge < -0.3 is 14.4 Å². The Bertz CT molecular complexity index is 559. The summed E-state index contributed by atoms with van der Waals surface area (Å²) in [4.78, 5) is 6.17. The van der Waals surface area contributed by atoms with Crippen LogP contribution in [0.4, 0.5) is 0 Å². The molecule has 2 rings (SSSR count). The molecule has 22 heavy (non-hydrogen) atoms. The minimum Gasteiger partial charge on any atom is -0.389 e. The maximum Gasteiger partial charge on any atom is 0.243 e. The third-order valence-corrected chi connectivity index (χ3v) is 3.48. The molecule has 2 atom stereocenters. The Morgan fingerprint density at radius 1 is 1.32 bits per heavy atom. The second-order valence-electron chi connectivity index (χ2n) is 5.45. The lowest BCUT2D eigenvalue weighted by molar-refractivity contribution is 0.00653. The van der Waals surface area contributed by atoms with Crippen LogP contribution in [0.1, 0.15) is 30.2 Å². The molecule has 1 N–H and O–H groups in total. The van der Waals surface area contributed by atoms with Crippen molar-refractivity contribution in [3.63, 3.8) is 0 Å². The van der Waals surface area contributed by atoms with Gasteiger partial charge >= 0.3 is 0 Å². The normalized spacial score (nSPS) is 14.2. The molecular weight excluding hydrogens is 282 g/mol. The van der Waals surface area contributed by atoms with Crippen LogP contribution in [-0.2, 0) is 11.3 Å². The number of aromatic nitrogens is 2. The van der Waals surface area contributed by atoms with Crippen molar-refractivity contribution >= 4 is 0 Å². The Morgan fingerprint density at radius 3 is 2.68 bits per heavy atom. The number of aliphatic hydroxyl groups is 1. The molecule has 0 bridgehead atoms. The van der Waals surface area contributed by atoms with Gasteiger partial charge in [0.1, 0.15) is 0 Å². The number of benzene rings is 1. The molecule has 1 aromatic carbocycles. The van der Waals surface area contributed by atoms with Crippen molar-refractivity contribution in [1.29, 1.82) is 0 Å². The summed E-state index contributed by atoms with van der Waals surface area (Å²) in [7, 11) is 1.91. The van der Waals surface area contributed by atoms with E-state index in [1.165, 1.54) is 0 Å². The largest absolute Gasteiger partial charge is 0.389 e. The van der Waals surface area contributed by atoms with Crippen LogP contribution >= 0.6 is 0 Å². The van der Waals surface area contributed by atoms with Crippen LogP contribution in [0.25, 0.3) is 0 Å². The van der Waals surface area contributed by atoms with Gasteiger partial charge in [0.2, 0.25) is 5.89 Å². The highest BCUT2D eigenvalue weighted by atomic mass is 16.5. The first-order valence-electron chi connectivity index (χ1n) is 7.36. The van der Waals surface area contributed by atoms with Crippen molar-refractivity contribution in [1.82, 2.24) is 15.0 Å². The van der Waals surface area contributed by atoms with Gasteiger partial charge in [0.05, 0.1) is 25.4 Å². The minimum atomic E-state index is -0.569. The Kier molecular flexibility index (Phi) is 6.06. The van der Waals surface area contributed by atoms with Crippen molar-refractivity contribution in [2.45, 2.75) is 32.6 Å². The highest BCUT2D eigenvalue weighted by Gasteiger charge is 2.20. The molecule has 0 unspecified atom stereocenters. The maximum atomic E-state index is 10.1. The monoisotopic (exact) mass is 305 g/mol. The van der Waals surface area contributed by atoms with Crippen LogP contribution in [-0.4, -0.2) is 46.5 Å². The first kappa shape index (κ1) is 16.6. The van der Waals surface area contributed by atoms with Gasteiger partial charge in [-0.05, 0) is 26.5 Å². The van der Waals surface area contributed by atoms with Crippen LogP contribution in [0.3, 0.4) is 0 Å². The summed E-state index contributed by atoms with van der Waals surface area (Å²) in [5.74, 6) is 1.17. The number of aliphatic hydroxyl groups excluding tert-OH is 1. The SMILES string of the molecule is Cc1noc([C@@H](C)N(C)C[C@@H](O)COCc2ccccc2)n1. The topological polar surface area (TPSA) is 71.6 Å². The van der Waals surface area contributed by atoms with Crippen molar-refractivity contribution in [2.75, 3.05) is 20.2 Å². The molecule has 2 aromatic rings. The predicted molar refractivity (Wildman–Crippen MR) is 82.2 cm³/mol. The maximum absolute atomic E-state index is 10.1. The summed E-state index contributed by atoms with van der Waals surface area (Å²) in [5, 5.41) is 13.8. The van der Waals surface area contributed by atoms with E-state index in [-0.39, 0.29) is 12.6 Å². The molecule has 0 amide bonds. The smallest absolute Gasteiger partial charge is 0.243 e. The van der Waals surface area contributed by atoms with Crippen molar-refractivity contribution < 1.29 is 14.4 Å². The van der Waals surface area contributed by atoms with Crippen LogP contribution in [0.2, 0.25) is 0 Å². The molecule has 0 fully saturated rings. The summed E-state index contributed by atoms with van der Waals surface area (Å²) in [6.45, 7) is 5.00. The van der Waals surface area contributed by atoms with Crippen LogP contribution < -0.4 is 0 Å². The third kappa shape index (κ3) is 4.91. The number of nitrogens with zero attached hydrogens (tertiary/aromatic N) is 3. The van der Waals surface area contributed by atoms with Crippen LogP contribution in [0.15, 0.2) is 34.9 Å². The van der Waals surface area contributed by atoms with Gasteiger partial charge in [0, 0.05) is 6.54 Å². The number of rotatable bonds is 8. The Morgan fingerprint density at radius 2 is 2.05 bits per heavy atom. The highest BCUT2D eigenvalue weighted by molar-refractivity contribution is 5.13. The Balaban J connectivity index is 1.73. The fourth-order valence-corrected chi connectivity index (χ4v) is 2.10. The van der Waals surface area contributed by atoms with E-state index in [0.29, 0.717) is 24.9 Å². The second kappa shape index (κ2) is 8.03. The average molecular weight is 305 g/mol. The van der Waals surface area contributed by atoms with Gasteiger partial charge in [-0.15, -0.1) is 0 Å². The first-order valence-corrected chi connectivity index (χ1v) is 7.36. The standard InChI is InChI=1S/C16H23N3O3/c1-12(16-17-13(2)18-22-16)19(3)9-15(20)11-21-10-14-7-5-4-6-8-14/h4-8,12,15,20H,9-11H2,1-3H3/t12-,15-/m1/s1. The van der Waals surface area contributed by atoms with Gasteiger partial charge in [-0.1, -0.05) is 35.5 Å². The van der Waals surface area contributed by atoms with Crippen molar-refractivity contribution in [2.24, 2.45) is 0 Å². The van der Waals surface area contributed by atoms with E-state index in [0.717, 1.165) is 5.56 Å². The quantitative estimate of drug-likeness (QED) is 0.803. The first-order chi connectivity index (χ1) is 10.6. The molecule has 6 nitrogen and oxygen atoms in total. The summed E-state index contributed by atoms with van der Waals surface area (Å²) in [6.07, 6.45) is -0.569. The van der Waals surface area contributed by atoms with Gasteiger partial charge in [-0.2, -0.15) is 4.98 Å². The lowest BCUT2D eigenvalue weighted by Gasteiger charge is -2.24. The highest BCUT2D eigenvalue weighted by Crippen LogP contribution is 2.16. The van der Waals surface area contributed by atoms with Crippen molar-refractivity contribution in [3.05, 3.63) is 47.6 Å². The molecule has 120 valence electrons. The van der Waals surface area contributed by atoms with E-state index < -0.39 is 6.10 Å². The molecule has 0 aliphatic carbocycles. The lowest BCUT2D eigenvalue weighted by Crippen LogP contribution is -2.34. The van der Waals surface area contributed by atoms with E-state index in [1.807, 2.05) is 49.2 Å². The fraction of sp³-hybridized carbons (Fsp3) is 0.500. The van der Waals surface area contributed by atoms with Gasteiger partial charge in [0.15, 0.2) is 5.82 Å². The number of ether oxygens (including phenoxy) is 1. The number of hydrogen-bond donors (Lipinski definition) is 1. The summed E-state index contributed by atoms with van der Waals surface area (Å²) >= 11 is 0. The second-order valence-corrected chi connectivity index (χ2v) is 5.45. The number of aryl methyl sites for hydroxylation is 1. The molecular formula is C16H23N3O3. The number of hydrogen-bond acceptors (Lipinski definition) is 6. The van der Waals surface area contributed by atoms with Gasteiger partial charge in [0.25, 0.3) is 0 Å². The minimum absolute atomic E-state index is 0.0510. The van der Waals surface area contributed by atoms with E-state index >= 15 is 0 Å². The van der Waals surface area contributed by atoms with Crippen molar-refractivity contribution in [3.8, 4) is 0 Å². The molecule has 0 saturated heterocycles. The zero-order valence-electron chi connectivity index (χ0n) is 13.3. The molecule has 0 saturated carbocycles. The van der Waals surface area contributed by atoms with E-state index in [2.05, 4.69) is 10.1 Å². The fourth-order valence-electron chi connectivity index (χ4n) is 2.10.